The van der Waals surface area contributed by atoms with Crippen molar-refractivity contribution in [2.75, 3.05) is 7.11 Å². The molecule has 0 spiro atoms. The van der Waals surface area contributed by atoms with Crippen LogP contribution in [-0.4, -0.2) is 54.3 Å². The zero-order chi connectivity index (χ0) is 15.6. The molecular weight excluding hydrogens is 278 g/mol. The van der Waals surface area contributed by atoms with Gasteiger partial charge in [0.05, 0.1) is 7.11 Å². The van der Waals surface area contributed by atoms with Crippen molar-refractivity contribution in [1.29, 1.82) is 0 Å². The average Bonchev–Trinajstić information content (AvgIpc) is 2.41. The first-order chi connectivity index (χ1) is 9.93. The molecule has 21 heavy (non-hydrogen) atoms. The second-order valence-electron chi connectivity index (χ2n) is 5.47. The van der Waals surface area contributed by atoms with Gasteiger partial charge in [-0.15, -0.1) is 0 Å². The molecule has 1 amide bonds. The maximum atomic E-state index is 12.1. The van der Waals surface area contributed by atoms with Crippen LogP contribution >= 0.6 is 0 Å². The lowest BCUT2D eigenvalue weighted by Crippen LogP contribution is -2.64. The lowest BCUT2D eigenvalue weighted by Gasteiger charge is -2.50. The highest BCUT2D eigenvalue weighted by molar-refractivity contribution is 5.70. The van der Waals surface area contributed by atoms with Gasteiger partial charge in [0.25, 0.3) is 0 Å². The summed E-state index contributed by atoms with van der Waals surface area (Å²) < 4.78 is 15.5. The molecule has 2 fully saturated rings. The number of hydrogen-bond acceptors (Lipinski definition) is 6. The topological polar surface area (TPSA) is 82.1 Å². The zero-order valence-electron chi connectivity index (χ0n) is 12.5. The highest BCUT2D eigenvalue weighted by atomic mass is 16.6. The molecule has 0 aromatic carbocycles. The number of carbonyl (C=O) groups excluding carboxylic acids is 3. The Labute approximate surface area is 123 Å². The molecule has 0 N–H and O–H groups in total. The Bertz CT molecular complexity index is 409. The minimum atomic E-state index is -0.474. The van der Waals surface area contributed by atoms with Crippen LogP contribution in [0.15, 0.2) is 0 Å². The second kappa shape index (κ2) is 6.32. The lowest BCUT2D eigenvalue weighted by molar-refractivity contribution is -0.173. The first kappa shape index (κ1) is 15.6. The van der Waals surface area contributed by atoms with Crippen LogP contribution in [0.1, 0.15) is 39.5 Å². The molecule has 2 bridgehead atoms. The van der Waals surface area contributed by atoms with Gasteiger partial charge in [0.2, 0.25) is 0 Å². The minimum absolute atomic E-state index is 0.0427. The van der Waals surface area contributed by atoms with Crippen molar-refractivity contribution in [3.05, 3.63) is 0 Å². The Balaban J connectivity index is 2.27. The Hall–Kier alpha value is -1.79. The fraction of sp³-hybridized carbons (Fsp3) is 0.786. The van der Waals surface area contributed by atoms with Gasteiger partial charge in [-0.25, -0.2) is 4.79 Å². The van der Waals surface area contributed by atoms with E-state index in [1.165, 1.54) is 21.0 Å². The van der Waals surface area contributed by atoms with Crippen molar-refractivity contribution in [2.45, 2.75) is 63.8 Å². The smallest absolute Gasteiger partial charge is 0.410 e. The number of ether oxygens (including phenoxy) is 3. The first-order valence-corrected chi connectivity index (χ1v) is 7.14. The molecule has 4 atom stereocenters. The quantitative estimate of drug-likeness (QED) is 0.563. The third-order valence-corrected chi connectivity index (χ3v) is 4.07. The number of esters is 2. The third-order valence-electron chi connectivity index (χ3n) is 4.07. The van der Waals surface area contributed by atoms with E-state index in [1.54, 1.807) is 4.90 Å². The summed E-state index contributed by atoms with van der Waals surface area (Å²) in [4.78, 5) is 36.2. The van der Waals surface area contributed by atoms with Crippen LogP contribution in [0.25, 0.3) is 0 Å². The van der Waals surface area contributed by atoms with Crippen LogP contribution < -0.4 is 0 Å². The number of hydrogen-bond donors (Lipinski definition) is 0. The molecule has 0 aliphatic carbocycles. The molecule has 2 heterocycles. The normalized spacial score (nSPS) is 31.3. The summed E-state index contributed by atoms with van der Waals surface area (Å²) in [5.41, 5.74) is 0. The van der Waals surface area contributed by atoms with Crippen molar-refractivity contribution in [2.24, 2.45) is 0 Å². The van der Waals surface area contributed by atoms with Gasteiger partial charge < -0.3 is 14.2 Å². The SMILES string of the molecule is COC(=O)N1C2CC[C@H](OC(C)=O)C1[C@H](OC(C)=O)CC2. The second-order valence-corrected chi connectivity index (χ2v) is 5.47. The van der Waals surface area contributed by atoms with Crippen LogP contribution in [0.2, 0.25) is 0 Å². The van der Waals surface area contributed by atoms with E-state index in [9.17, 15) is 14.4 Å². The number of rotatable bonds is 2. The highest BCUT2D eigenvalue weighted by Crippen LogP contribution is 2.37. The molecule has 2 aliphatic rings. The molecule has 0 saturated carbocycles. The Morgan fingerprint density at radius 3 is 1.76 bits per heavy atom. The van der Waals surface area contributed by atoms with E-state index in [0.29, 0.717) is 12.8 Å². The number of carbonyl (C=O) groups is 3. The van der Waals surface area contributed by atoms with Crippen LogP contribution in [-0.2, 0) is 23.8 Å². The van der Waals surface area contributed by atoms with Gasteiger partial charge in [-0.2, -0.15) is 0 Å². The number of piperidine rings is 2. The monoisotopic (exact) mass is 299 g/mol. The van der Waals surface area contributed by atoms with Gasteiger partial charge in [-0.3, -0.25) is 14.5 Å². The molecule has 7 nitrogen and oxygen atoms in total. The molecule has 2 saturated heterocycles. The third kappa shape index (κ3) is 3.28. The van der Waals surface area contributed by atoms with Gasteiger partial charge >= 0.3 is 18.0 Å². The standard InChI is InChI=1S/C14H21NO6/c1-8(16)20-11-6-4-10-5-7-12(21-9(2)17)13(11)15(10)14(18)19-3/h10-13H,4-7H2,1-3H3/t10?,11-,12+,13?. The van der Waals surface area contributed by atoms with Gasteiger partial charge in [0.15, 0.2) is 0 Å². The van der Waals surface area contributed by atoms with Crippen molar-refractivity contribution < 1.29 is 28.6 Å². The Morgan fingerprint density at radius 1 is 0.905 bits per heavy atom. The largest absolute Gasteiger partial charge is 0.460 e. The van der Waals surface area contributed by atoms with Crippen LogP contribution in [0.4, 0.5) is 4.79 Å². The van der Waals surface area contributed by atoms with Gasteiger partial charge in [-0.05, 0) is 25.7 Å². The fourth-order valence-corrected chi connectivity index (χ4v) is 3.38. The number of nitrogens with zero attached hydrogens (tertiary/aromatic N) is 1. The fourth-order valence-electron chi connectivity index (χ4n) is 3.38. The molecule has 2 aliphatic heterocycles. The van der Waals surface area contributed by atoms with E-state index < -0.39 is 36.3 Å². The average molecular weight is 299 g/mol. The van der Waals surface area contributed by atoms with Crippen molar-refractivity contribution in [3.8, 4) is 0 Å². The van der Waals surface area contributed by atoms with Gasteiger partial charge in [0, 0.05) is 19.9 Å². The number of methoxy groups -OCH3 is 1. The maximum Gasteiger partial charge on any atom is 0.410 e. The van der Waals surface area contributed by atoms with Crippen molar-refractivity contribution in [1.82, 2.24) is 4.90 Å². The van der Waals surface area contributed by atoms with Crippen LogP contribution in [0.5, 0.6) is 0 Å². The van der Waals surface area contributed by atoms with Gasteiger partial charge in [-0.1, -0.05) is 0 Å². The Kier molecular flexibility index (Phi) is 4.69. The summed E-state index contributed by atoms with van der Waals surface area (Å²) in [6.07, 6.45) is 1.39. The molecule has 0 aromatic rings. The summed E-state index contributed by atoms with van der Waals surface area (Å²) in [6, 6.07) is -0.432. The molecule has 2 rings (SSSR count). The van der Waals surface area contributed by atoms with E-state index in [2.05, 4.69) is 0 Å². The maximum absolute atomic E-state index is 12.1. The summed E-state index contributed by atoms with van der Waals surface area (Å²) in [5.74, 6) is -0.814. The van der Waals surface area contributed by atoms with E-state index in [-0.39, 0.29) is 6.04 Å². The Morgan fingerprint density at radius 2 is 1.38 bits per heavy atom. The summed E-state index contributed by atoms with van der Waals surface area (Å²) in [6.45, 7) is 2.66. The summed E-state index contributed by atoms with van der Waals surface area (Å²) in [7, 11) is 1.31. The molecule has 118 valence electrons. The molecule has 7 heteroatoms. The first-order valence-electron chi connectivity index (χ1n) is 7.14. The van der Waals surface area contributed by atoms with Gasteiger partial charge in [0.1, 0.15) is 18.2 Å². The molecule has 0 radical (unpaired) electrons. The van der Waals surface area contributed by atoms with Crippen molar-refractivity contribution >= 4 is 18.0 Å². The highest BCUT2D eigenvalue weighted by Gasteiger charge is 2.50. The zero-order valence-corrected chi connectivity index (χ0v) is 12.5. The predicted molar refractivity (Wildman–Crippen MR) is 71.4 cm³/mol. The van der Waals surface area contributed by atoms with E-state index in [0.717, 1.165) is 12.8 Å². The number of amides is 1. The van der Waals surface area contributed by atoms with E-state index >= 15 is 0 Å². The van der Waals surface area contributed by atoms with Crippen LogP contribution in [0.3, 0.4) is 0 Å². The summed E-state index contributed by atoms with van der Waals surface area (Å²) >= 11 is 0. The van der Waals surface area contributed by atoms with E-state index in [1.807, 2.05) is 0 Å². The molecule has 0 aromatic heterocycles. The predicted octanol–water partition coefficient (Wildman–Crippen LogP) is 1.24. The van der Waals surface area contributed by atoms with Crippen molar-refractivity contribution in [3.63, 3.8) is 0 Å². The number of fused-ring (bicyclic) bond motifs is 2. The molecular formula is C14H21NO6. The summed E-state index contributed by atoms with van der Waals surface area (Å²) in [5, 5.41) is 0. The van der Waals surface area contributed by atoms with E-state index in [4.69, 9.17) is 14.2 Å². The minimum Gasteiger partial charge on any atom is -0.460 e. The van der Waals surface area contributed by atoms with Crippen LogP contribution in [0, 0.1) is 0 Å². The lowest BCUT2D eigenvalue weighted by atomic mass is 9.81. The molecule has 2 unspecified atom stereocenters.